The van der Waals surface area contributed by atoms with Gasteiger partial charge in [-0.15, -0.1) is 0 Å². The minimum atomic E-state index is 0.403. The highest BCUT2D eigenvalue weighted by molar-refractivity contribution is 5.12. The summed E-state index contributed by atoms with van der Waals surface area (Å²) < 4.78 is 13.3. The van der Waals surface area contributed by atoms with Crippen LogP contribution in [-0.4, -0.2) is 51.6 Å². The standard InChI is InChI=1S/C46H89N3O2/c1-5-6-7-8-9-10-11-12-13-14-15-16-17-18-31-49-32-19-22-37(2)40-23-24-41-44-42(26-28-46(40,41)4)45(3)27-25-39(50-33-20-29-47)35-38(45)36-43(44)51-34-21-30-48/h37-44,49H,5-36,47-48H2,1-4H3/t37?,38?,39-,40?,41+,42+,43-,44?,45+,46-/m1/s1. The van der Waals surface area contributed by atoms with Gasteiger partial charge in [-0.3, -0.25) is 0 Å². The maximum Gasteiger partial charge on any atom is 0.0611 e. The molecule has 51 heavy (non-hydrogen) atoms. The molecule has 0 heterocycles. The fraction of sp³-hybridized carbons (Fsp3) is 1.00. The van der Waals surface area contributed by atoms with Gasteiger partial charge >= 0.3 is 0 Å². The van der Waals surface area contributed by atoms with Gasteiger partial charge in [0.15, 0.2) is 0 Å². The first kappa shape index (κ1) is 43.5. The molecule has 300 valence electrons. The van der Waals surface area contributed by atoms with E-state index in [9.17, 15) is 0 Å². The van der Waals surface area contributed by atoms with Crippen LogP contribution in [0.15, 0.2) is 0 Å². The smallest absolute Gasteiger partial charge is 0.0611 e. The fourth-order valence-electron chi connectivity index (χ4n) is 12.4. The molecule has 0 aromatic carbocycles. The van der Waals surface area contributed by atoms with E-state index >= 15 is 0 Å². The maximum atomic E-state index is 6.89. The lowest BCUT2D eigenvalue weighted by Gasteiger charge is -2.63. The quantitative estimate of drug-likeness (QED) is 0.0703. The van der Waals surface area contributed by atoms with Crippen LogP contribution in [0.25, 0.3) is 0 Å². The monoisotopic (exact) mass is 716 g/mol. The van der Waals surface area contributed by atoms with E-state index in [-0.39, 0.29) is 0 Å². The van der Waals surface area contributed by atoms with E-state index in [1.807, 2.05) is 0 Å². The Kier molecular flexibility index (Phi) is 20.2. The average Bonchev–Trinajstić information content (AvgIpc) is 3.48. The Hall–Kier alpha value is -0.200. The van der Waals surface area contributed by atoms with Crippen LogP contribution in [-0.2, 0) is 9.47 Å². The summed E-state index contributed by atoms with van der Waals surface area (Å²) in [7, 11) is 0. The highest BCUT2D eigenvalue weighted by Crippen LogP contribution is 2.69. The molecule has 0 aliphatic heterocycles. The summed E-state index contributed by atoms with van der Waals surface area (Å²) in [6.07, 6.45) is 36.3. The van der Waals surface area contributed by atoms with Crippen LogP contribution >= 0.6 is 0 Å². The largest absolute Gasteiger partial charge is 0.378 e. The van der Waals surface area contributed by atoms with E-state index in [2.05, 4.69) is 33.0 Å². The topological polar surface area (TPSA) is 82.5 Å². The van der Waals surface area contributed by atoms with E-state index < -0.39 is 0 Å². The van der Waals surface area contributed by atoms with Crippen LogP contribution in [0.1, 0.15) is 195 Å². The molecule has 5 heteroatoms. The van der Waals surface area contributed by atoms with Crippen molar-refractivity contribution in [3.8, 4) is 0 Å². The van der Waals surface area contributed by atoms with Crippen molar-refractivity contribution in [2.24, 2.45) is 57.8 Å². The molecule has 5 N–H and O–H groups in total. The van der Waals surface area contributed by atoms with Crippen molar-refractivity contribution in [1.29, 1.82) is 0 Å². The predicted octanol–water partition coefficient (Wildman–Crippen LogP) is 11.2. The third-order valence-electron chi connectivity index (χ3n) is 15.5. The number of hydrogen-bond donors (Lipinski definition) is 3. The Bertz CT molecular complexity index is 902. The van der Waals surface area contributed by atoms with Crippen LogP contribution in [0.2, 0.25) is 0 Å². The van der Waals surface area contributed by atoms with Gasteiger partial charge in [-0.25, -0.2) is 0 Å². The molecule has 4 saturated carbocycles. The highest BCUT2D eigenvalue weighted by atomic mass is 16.5. The van der Waals surface area contributed by atoms with Gasteiger partial charge in [-0.2, -0.15) is 0 Å². The summed E-state index contributed by atoms with van der Waals surface area (Å²) in [6.45, 7) is 15.9. The Morgan fingerprint density at radius 1 is 0.627 bits per heavy atom. The molecule has 4 rings (SSSR count). The Morgan fingerprint density at radius 2 is 1.20 bits per heavy atom. The summed E-state index contributed by atoms with van der Waals surface area (Å²) in [5.74, 6) is 4.76. The Morgan fingerprint density at radius 3 is 1.84 bits per heavy atom. The van der Waals surface area contributed by atoms with Crippen molar-refractivity contribution in [2.75, 3.05) is 39.4 Å². The number of fused-ring (bicyclic) bond motifs is 5. The van der Waals surface area contributed by atoms with Gasteiger partial charge < -0.3 is 26.3 Å². The van der Waals surface area contributed by atoms with Gasteiger partial charge in [-0.05, 0) is 156 Å². The third kappa shape index (κ3) is 12.7. The summed E-state index contributed by atoms with van der Waals surface area (Å²) in [4.78, 5) is 0. The molecular formula is C46H89N3O2. The number of unbranched alkanes of at least 4 members (excludes halogenated alkanes) is 13. The van der Waals surface area contributed by atoms with Crippen LogP contribution in [0.5, 0.6) is 0 Å². The first-order chi connectivity index (χ1) is 24.9. The second-order valence-electron chi connectivity index (χ2n) is 18.9. The van der Waals surface area contributed by atoms with Crippen LogP contribution < -0.4 is 16.8 Å². The molecule has 4 fully saturated rings. The number of rotatable bonds is 28. The molecule has 0 saturated heterocycles. The minimum Gasteiger partial charge on any atom is -0.378 e. The van der Waals surface area contributed by atoms with Crippen LogP contribution in [0.3, 0.4) is 0 Å². The fourth-order valence-corrected chi connectivity index (χ4v) is 12.4. The Balaban J connectivity index is 1.14. The van der Waals surface area contributed by atoms with E-state index in [0.29, 0.717) is 23.0 Å². The zero-order valence-electron chi connectivity index (χ0n) is 34.7. The summed E-state index contributed by atoms with van der Waals surface area (Å²) in [5.41, 5.74) is 12.6. The third-order valence-corrected chi connectivity index (χ3v) is 15.5. The van der Waals surface area contributed by atoms with E-state index in [0.717, 1.165) is 74.7 Å². The second-order valence-corrected chi connectivity index (χ2v) is 18.9. The van der Waals surface area contributed by atoms with E-state index in [1.165, 1.54) is 167 Å². The number of hydrogen-bond acceptors (Lipinski definition) is 5. The van der Waals surface area contributed by atoms with E-state index in [4.69, 9.17) is 20.9 Å². The first-order valence-electron chi connectivity index (χ1n) is 23.2. The van der Waals surface area contributed by atoms with Crippen molar-refractivity contribution in [3.63, 3.8) is 0 Å². The number of ether oxygens (including phenoxy) is 2. The molecule has 4 unspecified atom stereocenters. The highest BCUT2D eigenvalue weighted by Gasteiger charge is 2.63. The molecule has 0 spiro atoms. The SMILES string of the molecule is CCCCCCCCCCCCCCCCNCCCC(C)C1CC[C@H]2C3[C@H](OCCCN)CC4C[C@H](OCCCN)CC[C@]4(C)[C@H]3CC[C@]12C. The molecule has 4 aliphatic carbocycles. The van der Waals surface area contributed by atoms with Crippen molar-refractivity contribution < 1.29 is 9.47 Å². The summed E-state index contributed by atoms with van der Waals surface area (Å²) in [6, 6.07) is 0. The van der Waals surface area contributed by atoms with Crippen LogP contribution in [0, 0.1) is 46.3 Å². The van der Waals surface area contributed by atoms with Gasteiger partial charge in [0, 0.05) is 13.2 Å². The van der Waals surface area contributed by atoms with Crippen LogP contribution in [0.4, 0.5) is 0 Å². The van der Waals surface area contributed by atoms with E-state index in [1.54, 1.807) is 0 Å². The lowest BCUT2D eigenvalue weighted by Crippen LogP contribution is -2.59. The molecule has 0 bridgehead atoms. The van der Waals surface area contributed by atoms with Gasteiger partial charge in [0.2, 0.25) is 0 Å². The van der Waals surface area contributed by atoms with Gasteiger partial charge in [-0.1, -0.05) is 111 Å². The molecule has 5 nitrogen and oxygen atoms in total. The molecule has 0 aromatic rings. The lowest BCUT2D eigenvalue weighted by molar-refractivity contribution is -0.191. The first-order valence-corrected chi connectivity index (χ1v) is 23.2. The zero-order valence-corrected chi connectivity index (χ0v) is 34.7. The molecule has 0 radical (unpaired) electrons. The summed E-state index contributed by atoms with van der Waals surface area (Å²) in [5, 5.41) is 3.82. The van der Waals surface area contributed by atoms with Gasteiger partial charge in [0.05, 0.1) is 12.2 Å². The predicted molar refractivity (Wildman–Crippen MR) is 219 cm³/mol. The molecule has 0 amide bonds. The molecule has 0 aromatic heterocycles. The Labute approximate surface area is 318 Å². The van der Waals surface area contributed by atoms with Crippen molar-refractivity contribution in [3.05, 3.63) is 0 Å². The number of nitrogens with one attached hydrogen (secondary N) is 1. The van der Waals surface area contributed by atoms with Crippen molar-refractivity contribution in [1.82, 2.24) is 5.32 Å². The average molecular weight is 716 g/mol. The van der Waals surface area contributed by atoms with Crippen molar-refractivity contribution >= 4 is 0 Å². The molecule has 10 atom stereocenters. The molecular weight excluding hydrogens is 627 g/mol. The minimum absolute atomic E-state index is 0.403. The summed E-state index contributed by atoms with van der Waals surface area (Å²) >= 11 is 0. The lowest BCUT2D eigenvalue weighted by atomic mass is 9.43. The van der Waals surface area contributed by atoms with Crippen molar-refractivity contribution in [2.45, 2.75) is 207 Å². The number of nitrogens with two attached hydrogens (primary N) is 2. The molecule has 4 aliphatic rings. The normalized spacial score (nSPS) is 33.9. The van der Waals surface area contributed by atoms with Gasteiger partial charge in [0.1, 0.15) is 0 Å². The maximum absolute atomic E-state index is 6.89. The van der Waals surface area contributed by atoms with Gasteiger partial charge in [0.25, 0.3) is 0 Å². The second kappa shape index (κ2) is 23.7. The zero-order chi connectivity index (χ0) is 36.4.